The maximum absolute atomic E-state index is 12.2. The third-order valence-electron chi connectivity index (χ3n) is 3.79. The molecule has 148 valence electrons. The average Bonchev–Trinajstić information content (AvgIpc) is 3.00. The van der Waals surface area contributed by atoms with Crippen LogP contribution in [0.4, 0.5) is 23.7 Å². The second-order valence-electron chi connectivity index (χ2n) is 5.80. The summed E-state index contributed by atoms with van der Waals surface area (Å²) in [6, 6.07) is 10.6. The Morgan fingerprint density at radius 2 is 1.71 bits per heavy atom. The van der Waals surface area contributed by atoms with Gasteiger partial charge in [0.25, 0.3) is 0 Å². The molecule has 0 bridgehead atoms. The van der Waals surface area contributed by atoms with Crippen molar-refractivity contribution in [3.05, 3.63) is 54.1 Å². The van der Waals surface area contributed by atoms with Crippen LogP contribution >= 0.6 is 0 Å². The molecule has 7 nitrogen and oxygen atoms in total. The van der Waals surface area contributed by atoms with E-state index in [1.54, 1.807) is 0 Å². The number of aromatic carboxylic acids is 1. The zero-order chi connectivity index (χ0) is 20.3. The number of anilines is 1. The van der Waals surface area contributed by atoms with E-state index in [1.807, 2.05) is 0 Å². The normalized spacial score (nSPS) is 16.6. The first-order valence-corrected chi connectivity index (χ1v) is 8.01. The van der Waals surface area contributed by atoms with Crippen molar-refractivity contribution in [1.29, 1.82) is 0 Å². The van der Waals surface area contributed by atoms with E-state index in [-0.39, 0.29) is 18.7 Å². The zero-order valence-electron chi connectivity index (χ0n) is 14.2. The molecule has 2 aromatic carbocycles. The minimum Gasteiger partial charge on any atom is -0.490 e. The van der Waals surface area contributed by atoms with Crippen molar-refractivity contribution in [2.24, 2.45) is 0 Å². The van der Waals surface area contributed by atoms with Gasteiger partial charge in [0.05, 0.1) is 12.1 Å². The Labute approximate surface area is 156 Å². The number of hydrogen-bond donors (Lipinski definition) is 1. The van der Waals surface area contributed by atoms with Gasteiger partial charge in [-0.25, -0.2) is 9.59 Å². The van der Waals surface area contributed by atoms with Crippen molar-refractivity contribution in [3.63, 3.8) is 0 Å². The minimum atomic E-state index is -4.79. The Hall–Kier alpha value is -3.43. The highest BCUT2D eigenvalue weighted by molar-refractivity contribution is 5.89. The Bertz CT molecular complexity index is 851. The molecule has 1 N–H and O–H groups in total. The number of carboxylic acids is 1. The molecule has 1 atom stereocenters. The molecule has 0 saturated carbocycles. The number of benzene rings is 2. The molecule has 1 saturated heterocycles. The van der Waals surface area contributed by atoms with Gasteiger partial charge < -0.3 is 19.3 Å². The van der Waals surface area contributed by atoms with Crippen molar-refractivity contribution in [1.82, 2.24) is 0 Å². The SMILES string of the molecule is O=C(O)c1ccc(OCC2CN(c3ccc(OC(F)(F)F)cc3)C(=O)O2)cc1. The van der Waals surface area contributed by atoms with Crippen LogP contribution in [0, 0.1) is 0 Å². The van der Waals surface area contributed by atoms with Gasteiger partial charge in [-0.2, -0.15) is 0 Å². The maximum atomic E-state index is 12.2. The molecule has 1 unspecified atom stereocenters. The summed E-state index contributed by atoms with van der Waals surface area (Å²) in [5, 5.41) is 8.85. The molecule has 1 amide bonds. The number of hydrogen-bond acceptors (Lipinski definition) is 5. The number of ether oxygens (including phenoxy) is 3. The highest BCUT2D eigenvalue weighted by atomic mass is 19.4. The number of nitrogens with zero attached hydrogens (tertiary/aromatic N) is 1. The first-order chi connectivity index (χ1) is 13.2. The third kappa shape index (κ3) is 4.84. The summed E-state index contributed by atoms with van der Waals surface area (Å²) >= 11 is 0. The molecular formula is C18H14F3NO6. The van der Waals surface area contributed by atoms with Crippen molar-refractivity contribution < 1.29 is 42.1 Å². The van der Waals surface area contributed by atoms with Crippen molar-refractivity contribution >= 4 is 17.7 Å². The number of cyclic esters (lactones) is 1. The van der Waals surface area contributed by atoms with Gasteiger partial charge in [0.15, 0.2) is 6.10 Å². The van der Waals surface area contributed by atoms with Crippen LogP contribution in [0.3, 0.4) is 0 Å². The summed E-state index contributed by atoms with van der Waals surface area (Å²) in [5.74, 6) is -1.04. The van der Waals surface area contributed by atoms with E-state index in [2.05, 4.69) is 4.74 Å². The molecule has 0 radical (unpaired) electrons. The topological polar surface area (TPSA) is 85.3 Å². The highest BCUT2D eigenvalue weighted by Crippen LogP contribution is 2.27. The van der Waals surface area contributed by atoms with E-state index >= 15 is 0 Å². The Balaban J connectivity index is 1.56. The maximum Gasteiger partial charge on any atom is 0.573 e. The second-order valence-corrected chi connectivity index (χ2v) is 5.80. The summed E-state index contributed by atoms with van der Waals surface area (Å²) in [6.07, 6.45) is -6.05. The standard InChI is InChI=1S/C18H14F3NO6/c19-18(20,21)28-14-7-3-12(4-8-14)22-9-15(27-17(22)25)10-26-13-5-1-11(2-6-13)16(23)24/h1-8,15H,9-10H2,(H,23,24). The Morgan fingerprint density at radius 1 is 1.11 bits per heavy atom. The van der Waals surface area contributed by atoms with E-state index in [1.165, 1.54) is 41.3 Å². The molecule has 1 aliphatic heterocycles. The van der Waals surface area contributed by atoms with E-state index in [0.29, 0.717) is 11.4 Å². The largest absolute Gasteiger partial charge is 0.573 e. The smallest absolute Gasteiger partial charge is 0.490 e. The molecule has 2 aromatic rings. The van der Waals surface area contributed by atoms with Crippen LogP contribution in [0.1, 0.15) is 10.4 Å². The van der Waals surface area contributed by atoms with Crippen LogP contribution in [-0.4, -0.2) is 42.8 Å². The average molecular weight is 397 g/mol. The number of halogens is 3. The summed E-state index contributed by atoms with van der Waals surface area (Å²) in [5.41, 5.74) is 0.469. The first kappa shape index (κ1) is 19.3. The number of amides is 1. The fourth-order valence-corrected chi connectivity index (χ4v) is 2.53. The molecular weight excluding hydrogens is 383 g/mol. The van der Waals surface area contributed by atoms with E-state index < -0.39 is 30.3 Å². The number of carbonyl (C=O) groups is 2. The summed E-state index contributed by atoms with van der Waals surface area (Å²) in [4.78, 5) is 24.1. The fourth-order valence-electron chi connectivity index (χ4n) is 2.53. The molecule has 28 heavy (non-hydrogen) atoms. The molecule has 1 fully saturated rings. The third-order valence-corrected chi connectivity index (χ3v) is 3.79. The monoisotopic (exact) mass is 397 g/mol. The van der Waals surface area contributed by atoms with Crippen molar-refractivity contribution in [3.8, 4) is 11.5 Å². The van der Waals surface area contributed by atoms with Crippen LogP contribution < -0.4 is 14.4 Å². The number of rotatable bonds is 6. The van der Waals surface area contributed by atoms with Crippen molar-refractivity contribution in [2.45, 2.75) is 12.5 Å². The summed E-state index contributed by atoms with van der Waals surface area (Å²) in [7, 11) is 0. The van der Waals surface area contributed by atoms with Crippen LogP contribution in [0.15, 0.2) is 48.5 Å². The van der Waals surface area contributed by atoms with Gasteiger partial charge >= 0.3 is 18.4 Å². The van der Waals surface area contributed by atoms with E-state index in [9.17, 15) is 22.8 Å². The molecule has 1 heterocycles. The lowest BCUT2D eigenvalue weighted by Gasteiger charge is -2.14. The number of carbonyl (C=O) groups excluding carboxylic acids is 1. The quantitative estimate of drug-likeness (QED) is 0.800. The Morgan fingerprint density at radius 3 is 2.29 bits per heavy atom. The van der Waals surface area contributed by atoms with Crippen LogP contribution in [0.5, 0.6) is 11.5 Å². The number of alkyl halides is 3. The van der Waals surface area contributed by atoms with Gasteiger partial charge in [-0.05, 0) is 48.5 Å². The predicted molar refractivity (Wildman–Crippen MR) is 89.6 cm³/mol. The van der Waals surface area contributed by atoms with Gasteiger partial charge in [-0.15, -0.1) is 13.2 Å². The summed E-state index contributed by atoms with van der Waals surface area (Å²) < 4.78 is 51.0. The van der Waals surface area contributed by atoms with Gasteiger partial charge in [-0.3, -0.25) is 4.90 Å². The van der Waals surface area contributed by atoms with Gasteiger partial charge in [0.1, 0.15) is 18.1 Å². The lowest BCUT2D eigenvalue weighted by Crippen LogP contribution is -2.26. The van der Waals surface area contributed by atoms with Crippen LogP contribution in [0.25, 0.3) is 0 Å². The van der Waals surface area contributed by atoms with Crippen LogP contribution in [-0.2, 0) is 4.74 Å². The molecule has 3 rings (SSSR count). The van der Waals surface area contributed by atoms with E-state index in [4.69, 9.17) is 14.6 Å². The number of carboxylic acid groups (broad SMARTS) is 1. The van der Waals surface area contributed by atoms with Gasteiger partial charge in [0.2, 0.25) is 0 Å². The molecule has 0 aromatic heterocycles. The minimum absolute atomic E-state index is 0.0317. The highest BCUT2D eigenvalue weighted by Gasteiger charge is 2.34. The Kier molecular flexibility index (Phi) is 5.30. The van der Waals surface area contributed by atoms with Crippen molar-refractivity contribution in [2.75, 3.05) is 18.1 Å². The lowest BCUT2D eigenvalue weighted by molar-refractivity contribution is -0.274. The fraction of sp³-hybridized carbons (Fsp3) is 0.222. The molecule has 0 spiro atoms. The summed E-state index contributed by atoms with van der Waals surface area (Å²) in [6.45, 7) is 0.176. The molecule has 0 aliphatic carbocycles. The van der Waals surface area contributed by atoms with E-state index in [0.717, 1.165) is 12.1 Å². The molecule has 10 heteroatoms. The second kappa shape index (κ2) is 7.67. The molecule has 1 aliphatic rings. The predicted octanol–water partition coefficient (Wildman–Crippen LogP) is 3.69. The van der Waals surface area contributed by atoms with Gasteiger partial charge in [-0.1, -0.05) is 0 Å². The lowest BCUT2D eigenvalue weighted by atomic mass is 10.2. The first-order valence-electron chi connectivity index (χ1n) is 8.01. The van der Waals surface area contributed by atoms with Gasteiger partial charge in [0, 0.05) is 5.69 Å². The van der Waals surface area contributed by atoms with Crippen LogP contribution in [0.2, 0.25) is 0 Å². The zero-order valence-corrected chi connectivity index (χ0v) is 14.2.